The Morgan fingerprint density at radius 2 is 1.92 bits per heavy atom. The molecule has 2 N–H and O–H groups in total. The van der Waals surface area contributed by atoms with Crippen LogP contribution >= 0.6 is 0 Å². The summed E-state index contributed by atoms with van der Waals surface area (Å²) in [5.41, 5.74) is -1.05. The van der Waals surface area contributed by atoms with E-state index in [0.717, 1.165) is 0 Å². The third kappa shape index (κ3) is 3.74. The van der Waals surface area contributed by atoms with Gasteiger partial charge in [0.2, 0.25) is 0 Å². The van der Waals surface area contributed by atoms with Crippen LogP contribution in [0.3, 0.4) is 0 Å². The number of hydrazone groups is 1. The standard InChI is InChI=1S/C15H16N2O6S/c1-9-8-13(18)14(15(19)23-9)10(2)16-17-24(20,21)12-6-4-11(22-3)5-7-12/h4-8,17-18H,1-3H3. The van der Waals surface area contributed by atoms with Gasteiger partial charge in [0.1, 0.15) is 22.8 Å². The van der Waals surface area contributed by atoms with Crippen molar-refractivity contribution < 1.29 is 22.7 Å². The number of nitrogens with zero attached hydrogens (tertiary/aromatic N) is 1. The molecule has 0 saturated heterocycles. The van der Waals surface area contributed by atoms with Crippen molar-refractivity contribution in [2.24, 2.45) is 5.10 Å². The molecule has 2 rings (SSSR count). The highest BCUT2D eigenvalue weighted by Crippen LogP contribution is 2.17. The number of hydrogen-bond acceptors (Lipinski definition) is 7. The highest BCUT2D eigenvalue weighted by molar-refractivity contribution is 7.89. The van der Waals surface area contributed by atoms with Crippen LogP contribution < -0.4 is 15.2 Å². The van der Waals surface area contributed by atoms with Crippen LogP contribution in [0.4, 0.5) is 0 Å². The van der Waals surface area contributed by atoms with E-state index in [1.165, 1.54) is 51.3 Å². The summed E-state index contributed by atoms with van der Waals surface area (Å²) < 4.78 is 34.2. The monoisotopic (exact) mass is 352 g/mol. The summed E-state index contributed by atoms with van der Waals surface area (Å²) in [4.78, 5) is 13.7. The van der Waals surface area contributed by atoms with Crippen LogP contribution in [0.2, 0.25) is 0 Å². The van der Waals surface area contributed by atoms with E-state index in [1.54, 1.807) is 0 Å². The quantitative estimate of drug-likeness (QED) is 0.620. The molecule has 0 aliphatic heterocycles. The minimum atomic E-state index is -3.93. The lowest BCUT2D eigenvalue weighted by atomic mass is 10.2. The smallest absolute Gasteiger partial charge is 0.348 e. The van der Waals surface area contributed by atoms with Gasteiger partial charge in [-0.15, -0.1) is 0 Å². The molecular weight excluding hydrogens is 336 g/mol. The van der Waals surface area contributed by atoms with Crippen molar-refractivity contribution in [3.63, 3.8) is 0 Å². The highest BCUT2D eigenvalue weighted by atomic mass is 32.2. The third-order valence-electron chi connectivity index (χ3n) is 3.12. The summed E-state index contributed by atoms with van der Waals surface area (Å²) in [7, 11) is -2.46. The molecule has 0 saturated carbocycles. The first-order chi connectivity index (χ1) is 11.2. The lowest BCUT2D eigenvalue weighted by Gasteiger charge is -2.07. The van der Waals surface area contributed by atoms with E-state index in [2.05, 4.69) is 5.10 Å². The van der Waals surface area contributed by atoms with Crippen LogP contribution in [0.15, 0.2) is 49.5 Å². The molecule has 0 unspecified atom stereocenters. The molecule has 9 heteroatoms. The maximum atomic E-state index is 12.2. The van der Waals surface area contributed by atoms with Gasteiger partial charge in [-0.3, -0.25) is 0 Å². The molecule has 2 aromatic rings. The largest absolute Gasteiger partial charge is 0.507 e. The molecule has 128 valence electrons. The van der Waals surface area contributed by atoms with Gasteiger partial charge in [0.05, 0.1) is 17.7 Å². The van der Waals surface area contributed by atoms with Gasteiger partial charge in [-0.05, 0) is 38.1 Å². The van der Waals surface area contributed by atoms with Crippen molar-refractivity contribution in [1.29, 1.82) is 0 Å². The second-order valence-electron chi connectivity index (χ2n) is 4.87. The van der Waals surface area contributed by atoms with Gasteiger partial charge >= 0.3 is 5.63 Å². The number of benzene rings is 1. The summed E-state index contributed by atoms with van der Waals surface area (Å²) in [5.74, 6) is 0.400. The molecular formula is C15H16N2O6S. The summed E-state index contributed by atoms with van der Waals surface area (Å²) in [6, 6.07) is 6.93. The fraction of sp³-hybridized carbons (Fsp3) is 0.200. The van der Waals surface area contributed by atoms with E-state index in [4.69, 9.17) is 9.15 Å². The number of nitrogens with one attached hydrogen (secondary N) is 1. The summed E-state index contributed by atoms with van der Waals surface area (Å²) in [6.45, 7) is 2.88. The molecule has 0 spiro atoms. The second kappa shape index (κ2) is 6.75. The predicted octanol–water partition coefficient (Wildman–Crippen LogP) is 1.36. The molecule has 0 aliphatic rings. The Balaban J connectivity index is 2.30. The molecule has 24 heavy (non-hydrogen) atoms. The fourth-order valence-electron chi connectivity index (χ4n) is 1.92. The summed E-state index contributed by atoms with van der Waals surface area (Å²) in [5, 5.41) is 13.5. The Bertz CT molecular complexity index is 929. The summed E-state index contributed by atoms with van der Waals surface area (Å²) in [6.07, 6.45) is 0. The fourth-order valence-corrected chi connectivity index (χ4v) is 2.78. The van der Waals surface area contributed by atoms with Crippen molar-refractivity contribution in [2.75, 3.05) is 7.11 Å². The van der Waals surface area contributed by atoms with Crippen molar-refractivity contribution >= 4 is 15.7 Å². The van der Waals surface area contributed by atoms with Gasteiger partial charge in [0.25, 0.3) is 10.0 Å². The first-order valence-corrected chi connectivity index (χ1v) is 8.27. The maximum absolute atomic E-state index is 12.2. The van der Waals surface area contributed by atoms with Crippen molar-refractivity contribution in [2.45, 2.75) is 18.7 Å². The first kappa shape index (κ1) is 17.5. The van der Waals surface area contributed by atoms with Crippen LogP contribution in [0.5, 0.6) is 11.5 Å². The average molecular weight is 352 g/mol. The topological polar surface area (TPSA) is 118 Å². The SMILES string of the molecule is COc1ccc(S(=O)(=O)NN=C(C)c2c(O)cc(C)oc2=O)cc1. The normalized spacial score (nSPS) is 12.0. The van der Waals surface area contributed by atoms with Crippen molar-refractivity contribution in [3.8, 4) is 11.5 Å². The van der Waals surface area contributed by atoms with Gasteiger partial charge in [0, 0.05) is 6.07 Å². The zero-order chi connectivity index (χ0) is 17.9. The van der Waals surface area contributed by atoms with Crippen LogP contribution in [-0.2, 0) is 10.0 Å². The van der Waals surface area contributed by atoms with Gasteiger partial charge in [0.15, 0.2) is 0 Å². The van der Waals surface area contributed by atoms with Crippen LogP contribution in [0, 0.1) is 6.92 Å². The molecule has 0 atom stereocenters. The molecule has 0 radical (unpaired) electrons. The number of rotatable bonds is 5. The average Bonchev–Trinajstić information content (AvgIpc) is 2.52. The Kier molecular flexibility index (Phi) is 4.93. The molecule has 8 nitrogen and oxygen atoms in total. The Hall–Kier alpha value is -2.81. The zero-order valence-electron chi connectivity index (χ0n) is 13.2. The number of sulfonamides is 1. The van der Waals surface area contributed by atoms with E-state index in [0.29, 0.717) is 5.75 Å². The number of ether oxygens (including phenoxy) is 1. The van der Waals surface area contributed by atoms with Crippen LogP contribution in [0.1, 0.15) is 18.2 Å². The van der Waals surface area contributed by atoms with E-state index in [1.807, 2.05) is 4.83 Å². The molecule has 1 aromatic carbocycles. The molecule has 0 fully saturated rings. The molecule has 1 heterocycles. The Labute approximate surface area is 138 Å². The Morgan fingerprint density at radius 1 is 1.29 bits per heavy atom. The molecule has 0 bridgehead atoms. The van der Waals surface area contributed by atoms with E-state index in [9.17, 15) is 18.3 Å². The zero-order valence-corrected chi connectivity index (χ0v) is 14.0. The second-order valence-corrected chi connectivity index (χ2v) is 6.53. The molecule has 0 amide bonds. The van der Waals surface area contributed by atoms with Gasteiger partial charge < -0.3 is 14.3 Å². The maximum Gasteiger partial charge on any atom is 0.348 e. The van der Waals surface area contributed by atoms with Crippen LogP contribution in [0.25, 0.3) is 0 Å². The van der Waals surface area contributed by atoms with E-state index < -0.39 is 15.6 Å². The lowest BCUT2D eigenvalue weighted by molar-refractivity contribution is 0.414. The van der Waals surface area contributed by atoms with Crippen LogP contribution in [-0.4, -0.2) is 26.3 Å². The molecule has 1 aromatic heterocycles. The minimum absolute atomic E-state index is 0.0278. The number of aryl methyl sites for hydroxylation is 1. The molecule has 0 aliphatic carbocycles. The number of aromatic hydroxyl groups is 1. The van der Waals surface area contributed by atoms with E-state index >= 15 is 0 Å². The third-order valence-corrected chi connectivity index (χ3v) is 4.34. The lowest BCUT2D eigenvalue weighted by Crippen LogP contribution is -2.22. The minimum Gasteiger partial charge on any atom is -0.507 e. The van der Waals surface area contributed by atoms with Gasteiger partial charge in [-0.25, -0.2) is 4.79 Å². The Morgan fingerprint density at radius 3 is 2.46 bits per heavy atom. The van der Waals surface area contributed by atoms with Crippen molar-refractivity contribution in [3.05, 3.63) is 52.1 Å². The number of methoxy groups -OCH3 is 1. The summed E-state index contributed by atoms with van der Waals surface area (Å²) >= 11 is 0. The van der Waals surface area contributed by atoms with Crippen molar-refractivity contribution in [1.82, 2.24) is 4.83 Å². The number of hydrogen-bond donors (Lipinski definition) is 2. The van der Waals surface area contributed by atoms with Gasteiger partial charge in [-0.1, -0.05) is 0 Å². The predicted molar refractivity (Wildman–Crippen MR) is 86.9 cm³/mol. The van der Waals surface area contributed by atoms with Gasteiger partial charge in [-0.2, -0.15) is 18.4 Å². The highest BCUT2D eigenvalue weighted by Gasteiger charge is 2.16. The first-order valence-electron chi connectivity index (χ1n) is 6.79. The van der Waals surface area contributed by atoms with E-state index in [-0.39, 0.29) is 27.7 Å².